The minimum atomic E-state index is -3.19. The van der Waals surface area contributed by atoms with Gasteiger partial charge in [0.2, 0.25) is 5.91 Å². The van der Waals surface area contributed by atoms with Gasteiger partial charge in [0.15, 0.2) is 9.84 Å². The highest BCUT2D eigenvalue weighted by atomic mass is 35.5. The van der Waals surface area contributed by atoms with Gasteiger partial charge in [0.05, 0.1) is 11.8 Å². The summed E-state index contributed by atoms with van der Waals surface area (Å²) < 4.78 is 22.8. The molecule has 0 aliphatic carbocycles. The number of carbonyl (C=O) groups excluding carboxylic acids is 1. The molecule has 1 atom stereocenters. The Morgan fingerprint density at radius 3 is 2.39 bits per heavy atom. The van der Waals surface area contributed by atoms with Gasteiger partial charge in [0.25, 0.3) is 0 Å². The van der Waals surface area contributed by atoms with Gasteiger partial charge in [0, 0.05) is 23.0 Å². The molecule has 18 heavy (non-hydrogen) atoms. The Morgan fingerprint density at radius 1 is 1.33 bits per heavy atom. The van der Waals surface area contributed by atoms with Gasteiger partial charge < -0.3 is 4.90 Å². The Labute approximate surface area is 111 Å². The van der Waals surface area contributed by atoms with E-state index in [1.165, 1.54) is 17.9 Å². The van der Waals surface area contributed by atoms with E-state index < -0.39 is 15.9 Å². The monoisotopic (exact) mass is 285 g/mol. The smallest absolute Gasteiger partial charge is 0.224 e. The van der Waals surface area contributed by atoms with Crippen LogP contribution in [0, 0.1) is 0 Å². The minimum absolute atomic E-state index is 0.0742. The standard InChI is InChI=1S/C12H12ClNO3S/c1-9(15)14(11-4-2-10(13)3-5-11)12-6-7-18(16,17)8-12/h2-7,12H,8H2,1H3/t12-/m0/s1. The highest BCUT2D eigenvalue weighted by Crippen LogP contribution is 2.24. The molecule has 0 bridgehead atoms. The summed E-state index contributed by atoms with van der Waals surface area (Å²) in [6.45, 7) is 1.41. The number of amides is 1. The SMILES string of the molecule is CC(=O)N(c1ccc(Cl)cc1)[C@H]1C=CS(=O)(=O)C1. The van der Waals surface area contributed by atoms with Gasteiger partial charge in [-0.3, -0.25) is 4.79 Å². The van der Waals surface area contributed by atoms with E-state index in [-0.39, 0.29) is 11.7 Å². The molecule has 0 aromatic heterocycles. The zero-order valence-corrected chi connectivity index (χ0v) is 11.3. The van der Waals surface area contributed by atoms with Crippen LogP contribution in [0.4, 0.5) is 5.69 Å². The fraction of sp³-hybridized carbons (Fsp3) is 0.250. The molecule has 0 saturated heterocycles. The summed E-state index contributed by atoms with van der Waals surface area (Å²) in [6.07, 6.45) is 1.53. The van der Waals surface area contributed by atoms with Gasteiger partial charge in [0.1, 0.15) is 0 Å². The van der Waals surface area contributed by atoms with E-state index in [4.69, 9.17) is 11.6 Å². The van der Waals surface area contributed by atoms with Crippen LogP contribution in [0.5, 0.6) is 0 Å². The average molecular weight is 286 g/mol. The molecular weight excluding hydrogens is 274 g/mol. The number of hydrogen-bond acceptors (Lipinski definition) is 3. The van der Waals surface area contributed by atoms with Gasteiger partial charge in [-0.25, -0.2) is 8.42 Å². The van der Waals surface area contributed by atoms with Crippen LogP contribution in [-0.2, 0) is 14.6 Å². The average Bonchev–Trinajstić information content (AvgIpc) is 2.61. The molecule has 1 aromatic rings. The van der Waals surface area contributed by atoms with Crippen LogP contribution in [0.2, 0.25) is 5.02 Å². The van der Waals surface area contributed by atoms with E-state index in [1.807, 2.05) is 0 Å². The van der Waals surface area contributed by atoms with Crippen LogP contribution >= 0.6 is 11.6 Å². The van der Waals surface area contributed by atoms with Crippen LogP contribution in [0.1, 0.15) is 6.92 Å². The van der Waals surface area contributed by atoms with Crippen LogP contribution in [0.25, 0.3) is 0 Å². The molecule has 4 nitrogen and oxygen atoms in total. The third-order valence-corrected chi connectivity index (χ3v) is 4.32. The first-order valence-electron chi connectivity index (χ1n) is 5.35. The molecule has 1 aromatic carbocycles. The first kappa shape index (κ1) is 13.1. The number of halogens is 1. The molecular formula is C12H12ClNO3S. The largest absolute Gasteiger partial charge is 0.305 e. The lowest BCUT2D eigenvalue weighted by Crippen LogP contribution is -2.39. The van der Waals surface area contributed by atoms with Crippen molar-refractivity contribution in [2.24, 2.45) is 0 Å². The zero-order chi connectivity index (χ0) is 13.3. The Kier molecular flexibility index (Phi) is 3.45. The Balaban J connectivity index is 2.33. The summed E-state index contributed by atoms with van der Waals surface area (Å²) in [5.41, 5.74) is 0.638. The second-order valence-corrected chi connectivity index (χ2v) is 6.46. The van der Waals surface area contributed by atoms with E-state index in [9.17, 15) is 13.2 Å². The molecule has 1 aliphatic rings. The maximum absolute atomic E-state index is 11.7. The number of sulfone groups is 1. The molecule has 0 saturated carbocycles. The maximum atomic E-state index is 11.7. The number of benzene rings is 1. The third kappa shape index (κ3) is 2.73. The van der Waals surface area contributed by atoms with Crippen LogP contribution < -0.4 is 4.90 Å². The van der Waals surface area contributed by atoms with Crippen molar-refractivity contribution in [2.75, 3.05) is 10.7 Å². The number of nitrogens with zero attached hydrogens (tertiary/aromatic N) is 1. The molecule has 96 valence electrons. The summed E-state index contributed by atoms with van der Waals surface area (Å²) in [5.74, 6) is -0.279. The van der Waals surface area contributed by atoms with Crippen molar-refractivity contribution in [3.8, 4) is 0 Å². The zero-order valence-electron chi connectivity index (χ0n) is 9.71. The summed E-state index contributed by atoms with van der Waals surface area (Å²) in [6, 6.07) is 6.28. The number of carbonyl (C=O) groups is 1. The van der Waals surface area contributed by atoms with Gasteiger partial charge >= 0.3 is 0 Å². The Hall–Kier alpha value is -1.33. The van der Waals surface area contributed by atoms with Crippen molar-refractivity contribution < 1.29 is 13.2 Å². The molecule has 0 N–H and O–H groups in total. The van der Waals surface area contributed by atoms with E-state index in [0.717, 1.165) is 5.41 Å². The Morgan fingerprint density at radius 2 is 1.94 bits per heavy atom. The van der Waals surface area contributed by atoms with Crippen molar-refractivity contribution in [2.45, 2.75) is 13.0 Å². The highest BCUT2D eigenvalue weighted by Gasteiger charge is 2.29. The molecule has 1 amide bonds. The molecule has 1 heterocycles. The van der Waals surface area contributed by atoms with E-state index in [2.05, 4.69) is 0 Å². The fourth-order valence-electron chi connectivity index (χ4n) is 1.93. The van der Waals surface area contributed by atoms with Gasteiger partial charge in [-0.1, -0.05) is 11.6 Å². The number of rotatable bonds is 2. The molecule has 0 spiro atoms. The predicted octanol–water partition coefficient (Wildman–Crippen LogP) is 2.00. The highest BCUT2D eigenvalue weighted by molar-refractivity contribution is 7.94. The Bertz CT molecular complexity index is 592. The summed E-state index contributed by atoms with van der Waals surface area (Å²) >= 11 is 5.79. The second kappa shape index (κ2) is 4.74. The van der Waals surface area contributed by atoms with Gasteiger partial charge in [-0.05, 0) is 30.3 Å². The molecule has 0 fully saturated rings. The van der Waals surface area contributed by atoms with Crippen molar-refractivity contribution in [3.05, 3.63) is 40.8 Å². The lowest BCUT2D eigenvalue weighted by molar-refractivity contribution is -0.116. The number of anilines is 1. The lowest BCUT2D eigenvalue weighted by atomic mass is 10.2. The molecule has 2 rings (SSSR count). The van der Waals surface area contributed by atoms with Gasteiger partial charge in [-0.2, -0.15) is 0 Å². The summed E-state index contributed by atoms with van der Waals surface area (Å²) in [4.78, 5) is 13.1. The molecule has 1 aliphatic heterocycles. The van der Waals surface area contributed by atoms with Crippen molar-refractivity contribution >= 4 is 33.0 Å². The third-order valence-electron chi connectivity index (χ3n) is 2.69. The molecule has 0 radical (unpaired) electrons. The first-order chi connectivity index (χ1) is 8.39. The van der Waals surface area contributed by atoms with E-state index >= 15 is 0 Å². The number of hydrogen-bond donors (Lipinski definition) is 0. The van der Waals surface area contributed by atoms with E-state index in [0.29, 0.717) is 10.7 Å². The first-order valence-corrected chi connectivity index (χ1v) is 7.45. The second-order valence-electron chi connectivity index (χ2n) is 4.09. The quantitative estimate of drug-likeness (QED) is 0.835. The fourth-order valence-corrected chi connectivity index (χ4v) is 3.32. The maximum Gasteiger partial charge on any atom is 0.224 e. The van der Waals surface area contributed by atoms with Crippen molar-refractivity contribution in [1.82, 2.24) is 0 Å². The normalized spacial score (nSPS) is 20.9. The summed E-state index contributed by atoms with van der Waals surface area (Å²) in [7, 11) is -3.19. The van der Waals surface area contributed by atoms with Gasteiger partial charge in [-0.15, -0.1) is 0 Å². The van der Waals surface area contributed by atoms with E-state index in [1.54, 1.807) is 24.3 Å². The van der Waals surface area contributed by atoms with Crippen LogP contribution in [0.15, 0.2) is 35.7 Å². The molecule has 6 heteroatoms. The van der Waals surface area contributed by atoms with Crippen molar-refractivity contribution in [3.63, 3.8) is 0 Å². The van der Waals surface area contributed by atoms with Crippen LogP contribution in [-0.4, -0.2) is 26.1 Å². The minimum Gasteiger partial charge on any atom is -0.305 e. The molecule has 0 unspecified atom stereocenters. The van der Waals surface area contributed by atoms with Crippen molar-refractivity contribution in [1.29, 1.82) is 0 Å². The predicted molar refractivity (Wildman–Crippen MR) is 71.3 cm³/mol. The van der Waals surface area contributed by atoms with Crippen LogP contribution in [0.3, 0.4) is 0 Å². The summed E-state index contributed by atoms with van der Waals surface area (Å²) in [5, 5.41) is 1.72. The lowest BCUT2D eigenvalue weighted by Gasteiger charge is -2.26. The topological polar surface area (TPSA) is 54.5 Å².